The lowest BCUT2D eigenvalue weighted by Crippen LogP contribution is -1.96. The Hall–Kier alpha value is -6.55. The van der Waals surface area contributed by atoms with Gasteiger partial charge in [0.05, 0.1) is 22.1 Å². The smallest absolute Gasteiger partial charge is 0.0558 e. The summed E-state index contributed by atoms with van der Waals surface area (Å²) in [5.74, 6) is 0. The molecule has 2 aromatic heterocycles. The quantitative estimate of drug-likeness (QED) is 0.179. The van der Waals surface area contributed by atoms with Gasteiger partial charge in [0.1, 0.15) is 0 Å². The van der Waals surface area contributed by atoms with E-state index in [1.54, 1.807) is 0 Å². The first kappa shape index (κ1) is 29.1. The highest BCUT2D eigenvalue weighted by molar-refractivity contribution is 7.99. The van der Waals surface area contributed by atoms with Gasteiger partial charge in [-0.3, -0.25) is 0 Å². The van der Waals surface area contributed by atoms with Crippen LogP contribution in [-0.4, -0.2) is 9.13 Å². The number of para-hydroxylation sites is 2. The average Bonchev–Trinajstić information content (AvgIpc) is 3.73. The molecule has 1 aliphatic rings. The summed E-state index contributed by atoms with van der Waals surface area (Å²) >= 11 is 1.89. The van der Waals surface area contributed by atoms with E-state index in [2.05, 4.69) is 191 Å². The topological polar surface area (TPSA) is 9.86 Å². The first-order chi connectivity index (χ1) is 26.3. The second-order valence-electron chi connectivity index (χ2n) is 14.1. The lowest BCUT2D eigenvalue weighted by atomic mass is 9.94. The molecule has 3 heteroatoms. The first-order valence-electron chi connectivity index (χ1n) is 18.2. The van der Waals surface area contributed by atoms with Crippen molar-refractivity contribution in [3.63, 3.8) is 0 Å². The minimum Gasteiger partial charge on any atom is -0.309 e. The minimum atomic E-state index is 1.17. The number of nitrogens with zero attached hydrogens (tertiary/aromatic N) is 2. The molecule has 0 spiro atoms. The van der Waals surface area contributed by atoms with Crippen LogP contribution < -0.4 is 0 Å². The Bertz CT molecular complexity index is 3310. The van der Waals surface area contributed by atoms with Gasteiger partial charge in [0.15, 0.2) is 0 Å². The molecule has 0 atom stereocenters. The third-order valence-corrected chi connectivity index (χ3v) is 12.4. The predicted octanol–water partition coefficient (Wildman–Crippen LogP) is 14.0. The van der Waals surface area contributed by atoms with Crippen LogP contribution in [0.3, 0.4) is 0 Å². The molecule has 0 N–H and O–H groups in total. The molecule has 0 bridgehead atoms. The average molecular weight is 691 g/mol. The molecule has 0 fully saturated rings. The van der Waals surface area contributed by atoms with Gasteiger partial charge in [-0.2, -0.15) is 0 Å². The van der Waals surface area contributed by atoms with Crippen molar-refractivity contribution < 1.29 is 0 Å². The van der Waals surface area contributed by atoms with Crippen molar-refractivity contribution in [3.8, 4) is 33.6 Å². The fourth-order valence-electron chi connectivity index (χ4n) is 8.94. The van der Waals surface area contributed by atoms with Crippen molar-refractivity contribution in [2.45, 2.75) is 9.79 Å². The number of fused-ring (bicyclic) bond motifs is 10. The zero-order valence-electron chi connectivity index (χ0n) is 28.6. The summed E-state index contributed by atoms with van der Waals surface area (Å²) in [6.07, 6.45) is 0. The second kappa shape index (κ2) is 11.0. The summed E-state index contributed by atoms with van der Waals surface area (Å²) in [6.45, 7) is 0. The molecule has 12 rings (SSSR count). The Morgan fingerprint density at radius 2 is 0.981 bits per heavy atom. The van der Waals surface area contributed by atoms with E-state index in [1.165, 1.54) is 109 Å². The van der Waals surface area contributed by atoms with Gasteiger partial charge in [-0.25, -0.2) is 0 Å². The molecule has 9 aromatic carbocycles. The number of hydrogen-bond donors (Lipinski definition) is 0. The summed E-state index contributed by atoms with van der Waals surface area (Å²) in [4.78, 5) is 2.63. The molecule has 0 saturated carbocycles. The van der Waals surface area contributed by atoms with Crippen molar-refractivity contribution in [1.82, 2.24) is 9.13 Å². The highest BCUT2D eigenvalue weighted by Gasteiger charge is 2.24. The van der Waals surface area contributed by atoms with Crippen LogP contribution in [0.25, 0.3) is 98.8 Å². The maximum Gasteiger partial charge on any atom is 0.0558 e. The van der Waals surface area contributed by atoms with Crippen LogP contribution >= 0.6 is 11.8 Å². The molecule has 3 heterocycles. The predicted molar refractivity (Wildman–Crippen MR) is 225 cm³/mol. The third-order valence-electron chi connectivity index (χ3n) is 11.3. The van der Waals surface area contributed by atoms with Gasteiger partial charge < -0.3 is 9.13 Å². The maximum atomic E-state index is 2.46. The zero-order valence-corrected chi connectivity index (χ0v) is 29.4. The molecular formula is C50H30N2S. The van der Waals surface area contributed by atoms with Crippen molar-refractivity contribution >= 4 is 76.9 Å². The molecule has 0 radical (unpaired) electrons. The highest BCUT2D eigenvalue weighted by Crippen LogP contribution is 2.51. The summed E-state index contributed by atoms with van der Waals surface area (Å²) in [7, 11) is 0. The summed E-state index contributed by atoms with van der Waals surface area (Å²) in [6, 6.07) is 67.2. The Labute approximate surface area is 310 Å². The van der Waals surface area contributed by atoms with E-state index < -0.39 is 0 Å². The lowest BCUT2D eigenvalue weighted by Gasteiger charge is -2.21. The number of aromatic nitrogens is 2. The van der Waals surface area contributed by atoms with E-state index in [0.717, 1.165) is 0 Å². The monoisotopic (exact) mass is 690 g/mol. The fraction of sp³-hybridized carbons (Fsp3) is 0. The number of benzene rings is 9. The van der Waals surface area contributed by atoms with Crippen molar-refractivity contribution in [1.29, 1.82) is 0 Å². The van der Waals surface area contributed by atoms with Gasteiger partial charge in [-0.15, -0.1) is 0 Å². The standard InChI is InChI=1S/C50H30N2S/c1-2-13-35(14-3-1)51-45-26-23-34(29-42(45)49-40-18-10-17-39-38-16-7-9-20-47(38)53-48(50(39)40)30-46(49)51)33-22-25-44-41(28-33)37-15-6-8-19-43(37)52(44)36-24-21-31-11-4-5-12-32(31)27-36/h1-30H. The molecule has 0 saturated heterocycles. The second-order valence-corrected chi connectivity index (χ2v) is 15.2. The van der Waals surface area contributed by atoms with E-state index in [0.29, 0.717) is 0 Å². The van der Waals surface area contributed by atoms with Crippen molar-refractivity contribution in [3.05, 3.63) is 182 Å². The Morgan fingerprint density at radius 3 is 1.87 bits per heavy atom. The molecule has 1 aliphatic heterocycles. The minimum absolute atomic E-state index is 1.17. The maximum absolute atomic E-state index is 2.46. The summed E-state index contributed by atoms with van der Waals surface area (Å²) in [5.41, 5.74) is 12.3. The largest absolute Gasteiger partial charge is 0.309 e. The van der Waals surface area contributed by atoms with E-state index in [-0.39, 0.29) is 0 Å². The number of hydrogen-bond acceptors (Lipinski definition) is 1. The Balaban J connectivity index is 1.11. The SMILES string of the molecule is c1ccc(-n2c3ccc(-c4ccc5c(c4)c4ccccc4n5-c4ccc5ccccc5c4)cc3c3c4cccc5c4c(cc32)Sc2ccccc2-5)cc1. The molecule has 0 amide bonds. The zero-order chi connectivity index (χ0) is 34.6. The molecule has 0 unspecified atom stereocenters. The van der Waals surface area contributed by atoms with E-state index in [9.17, 15) is 0 Å². The van der Waals surface area contributed by atoms with Crippen LogP contribution in [0.4, 0.5) is 0 Å². The highest BCUT2D eigenvalue weighted by atomic mass is 32.2. The third kappa shape index (κ3) is 4.17. The first-order valence-corrected chi connectivity index (χ1v) is 19.0. The van der Waals surface area contributed by atoms with Crippen molar-refractivity contribution in [2.75, 3.05) is 0 Å². The van der Waals surface area contributed by atoms with Crippen LogP contribution in [0, 0.1) is 0 Å². The Morgan fingerprint density at radius 1 is 0.321 bits per heavy atom. The van der Waals surface area contributed by atoms with Crippen molar-refractivity contribution in [2.24, 2.45) is 0 Å². The van der Waals surface area contributed by atoms with Gasteiger partial charge in [-0.1, -0.05) is 127 Å². The van der Waals surface area contributed by atoms with Gasteiger partial charge in [0.25, 0.3) is 0 Å². The van der Waals surface area contributed by atoms with Crippen LogP contribution in [0.1, 0.15) is 0 Å². The van der Waals surface area contributed by atoms with Crippen LogP contribution in [0.5, 0.6) is 0 Å². The lowest BCUT2D eigenvalue weighted by molar-refractivity contribution is 1.18. The van der Waals surface area contributed by atoms with Crippen LogP contribution in [-0.2, 0) is 0 Å². The normalized spacial score (nSPS) is 12.5. The van der Waals surface area contributed by atoms with Gasteiger partial charge in [-0.05, 0) is 105 Å². The van der Waals surface area contributed by atoms with Crippen LogP contribution in [0.15, 0.2) is 192 Å². The van der Waals surface area contributed by atoms with Crippen LogP contribution in [0.2, 0.25) is 0 Å². The molecular weight excluding hydrogens is 661 g/mol. The Kier molecular flexibility index (Phi) is 6.02. The van der Waals surface area contributed by atoms with Gasteiger partial charge in [0.2, 0.25) is 0 Å². The molecule has 0 aliphatic carbocycles. The summed E-state index contributed by atoms with van der Waals surface area (Å²) < 4.78 is 4.87. The van der Waals surface area contributed by atoms with E-state index >= 15 is 0 Å². The molecule has 2 nitrogen and oxygen atoms in total. The fourth-order valence-corrected chi connectivity index (χ4v) is 10.1. The molecule has 11 aromatic rings. The van der Waals surface area contributed by atoms with Gasteiger partial charge in [0, 0.05) is 48.1 Å². The van der Waals surface area contributed by atoms with Gasteiger partial charge >= 0.3 is 0 Å². The summed E-state index contributed by atoms with van der Waals surface area (Å²) in [5, 5.41) is 10.3. The van der Waals surface area contributed by atoms with E-state index in [4.69, 9.17) is 0 Å². The molecule has 53 heavy (non-hydrogen) atoms. The molecule has 246 valence electrons. The van der Waals surface area contributed by atoms with E-state index in [1.807, 2.05) is 11.8 Å². The number of rotatable bonds is 3.